The van der Waals surface area contributed by atoms with Crippen LogP contribution in [0.15, 0.2) is 42.5 Å². The molecule has 0 radical (unpaired) electrons. The smallest absolute Gasteiger partial charge is 0.340 e. The number of fused-ring (bicyclic) bond motifs is 1. The van der Waals surface area contributed by atoms with E-state index in [9.17, 15) is 9.90 Å². The Morgan fingerprint density at radius 1 is 1.18 bits per heavy atom. The first-order valence-electron chi connectivity index (χ1n) is 5.36. The summed E-state index contributed by atoms with van der Waals surface area (Å²) in [6, 6.07) is 13.4. The number of methoxy groups -OCH3 is 1. The van der Waals surface area contributed by atoms with Crippen LogP contribution in [0, 0.1) is 0 Å². The molecule has 3 heteroatoms. The monoisotopic (exact) mass is 230 g/mol. The highest BCUT2D eigenvalue weighted by Gasteiger charge is 2.35. The molecule has 0 aliphatic carbocycles. The van der Waals surface area contributed by atoms with Gasteiger partial charge in [0.25, 0.3) is 0 Å². The Bertz CT molecular complexity index is 562. The lowest BCUT2D eigenvalue weighted by molar-refractivity contribution is -0.161. The molecule has 17 heavy (non-hydrogen) atoms. The molecule has 3 nitrogen and oxygen atoms in total. The highest BCUT2D eigenvalue weighted by molar-refractivity contribution is 5.86. The number of carbonyl (C=O) groups is 1. The van der Waals surface area contributed by atoms with Crippen LogP contribution in [0.3, 0.4) is 0 Å². The molecule has 0 aliphatic heterocycles. The zero-order valence-electron chi connectivity index (χ0n) is 9.81. The lowest BCUT2D eigenvalue weighted by Gasteiger charge is -2.23. The Morgan fingerprint density at radius 2 is 1.82 bits per heavy atom. The van der Waals surface area contributed by atoms with Crippen LogP contribution in [0.5, 0.6) is 0 Å². The van der Waals surface area contributed by atoms with Crippen LogP contribution in [-0.2, 0) is 15.1 Å². The maximum absolute atomic E-state index is 11.3. The van der Waals surface area contributed by atoms with Crippen molar-refractivity contribution in [1.82, 2.24) is 0 Å². The summed E-state index contributed by atoms with van der Waals surface area (Å²) >= 11 is 0. The minimum atomic E-state index is -1.30. The highest BCUT2D eigenvalue weighted by Crippen LogP contribution is 2.28. The Hall–Kier alpha value is -1.87. The number of carboxylic acids is 1. The van der Waals surface area contributed by atoms with E-state index in [4.69, 9.17) is 4.74 Å². The van der Waals surface area contributed by atoms with Gasteiger partial charge < -0.3 is 9.84 Å². The average molecular weight is 230 g/mol. The minimum Gasteiger partial charge on any atom is -0.479 e. The fourth-order valence-corrected chi connectivity index (χ4v) is 1.81. The van der Waals surface area contributed by atoms with Crippen LogP contribution in [0.25, 0.3) is 10.8 Å². The molecule has 0 fully saturated rings. The van der Waals surface area contributed by atoms with Crippen LogP contribution in [0.2, 0.25) is 0 Å². The largest absolute Gasteiger partial charge is 0.479 e. The van der Waals surface area contributed by atoms with E-state index in [1.807, 2.05) is 36.4 Å². The van der Waals surface area contributed by atoms with E-state index < -0.39 is 11.6 Å². The van der Waals surface area contributed by atoms with Crippen LogP contribution >= 0.6 is 0 Å². The molecule has 1 atom stereocenters. The number of hydrogen-bond donors (Lipinski definition) is 1. The van der Waals surface area contributed by atoms with Crippen LogP contribution in [0.4, 0.5) is 0 Å². The maximum atomic E-state index is 11.3. The summed E-state index contributed by atoms with van der Waals surface area (Å²) in [6.45, 7) is 1.56. The first-order chi connectivity index (χ1) is 8.08. The number of benzene rings is 2. The average Bonchev–Trinajstić information content (AvgIpc) is 2.37. The van der Waals surface area contributed by atoms with Gasteiger partial charge in [0.15, 0.2) is 5.60 Å². The lowest BCUT2D eigenvalue weighted by atomic mass is 9.93. The molecule has 0 saturated heterocycles. The van der Waals surface area contributed by atoms with Crippen LogP contribution in [0.1, 0.15) is 12.5 Å². The van der Waals surface area contributed by atoms with Crippen molar-refractivity contribution in [3.8, 4) is 0 Å². The van der Waals surface area contributed by atoms with Crippen molar-refractivity contribution < 1.29 is 14.6 Å². The third-order valence-corrected chi connectivity index (χ3v) is 3.12. The molecule has 0 heterocycles. The van der Waals surface area contributed by atoms with Gasteiger partial charge in [0.2, 0.25) is 0 Å². The van der Waals surface area contributed by atoms with Crippen molar-refractivity contribution in [2.75, 3.05) is 7.11 Å². The molecule has 0 aromatic heterocycles. The normalized spacial score (nSPS) is 14.5. The fourth-order valence-electron chi connectivity index (χ4n) is 1.81. The summed E-state index contributed by atoms with van der Waals surface area (Å²) in [5.41, 5.74) is -0.657. The quantitative estimate of drug-likeness (QED) is 0.881. The predicted octanol–water partition coefficient (Wildman–Crippen LogP) is 2.79. The second-order valence-corrected chi connectivity index (χ2v) is 4.10. The first-order valence-corrected chi connectivity index (χ1v) is 5.36. The van der Waals surface area contributed by atoms with E-state index in [0.29, 0.717) is 5.56 Å². The Kier molecular flexibility index (Phi) is 2.86. The van der Waals surface area contributed by atoms with Gasteiger partial charge in [-0.3, -0.25) is 0 Å². The molecule has 2 rings (SSSR count). The third kappa shape index (κ3) is 1.89. The van der Waals surface area contributed by atoms with Gasteiger partial charge in [0.1, 0.15) is 0 Å². The number of ether oxygens (including phenoxy) is 1. The number of rotatable bonds is 3. The molecular formula is C14H14O3. The predicted molar refractivity (Wildman–Crippen MR) is 65.9 cm³/mol. The van der Waals surface area contributed by atoms with Gasteiger partial charge in [0, 0.05) is 7.11 Å². The number of hydrogen-bond acceptors (Lipinski definition) is 2. The molecule has 2 aromatic carbocycles. The molecule has 2 aromatic rings. The minimum absolute atomic E-state index is 0.645. The Labute approximate surface area is 99.6 Å². The van der Waals surface area contributed by atoms with Crippen molar-refractivity contribution in [3.05, 3.63) is 48.0 Å². The summed E-state index contributed by atoms with van der Waals surface area (Å²) in [5, 5.41) is 11.3. The molecule has 1 N–H and O–H groups in total. The van der Waals surface area contributed by atoms with Crippen molar-refractivity contribution in [3.63, 3.8) is 0 Å². The van der Waals surface area contributed by atoms with E-state index in [1.165, 1.54) is 7.11 Å². The van der Waals surface area contributed by atoms with Gasteiger partial charge in [-0.05, 0) is 29.3 Å². The van der Waals surface area contributed by atoms with Gasteiger partial charge >= 0.3 is 5.97 Å². The summed E-state index contributed by atoms with van der Waals surface area (Å²) < 4.78 is 5.13. The molecular weight excluding hydrogens is 216 g/mol. The van der Waals surface area contributed by atoms with E-state index in [2.05, 4.69) is 0 Å². The molecule has 88 valence electrons. The zero-order chi connectivity index (χ0) is 12.5. The van der Waals surface area contributed by atoms with Gasteiger partial charge in [-0.2, -0.15) is 0 Å². The first kappa shape index (κ1) is 11.6. The Balaban J connectivity index is 2.59. The summed E-state index contributed by atoms with van der Waals surface area (Å²) in [7, 11) is 1.41. The number of carboxylic acid groups (broad SMARTS) is 1. The topological polar surface area (TPSA) is 46.5 Å². The van der Waals surface area contributed by atoms with Crippen molar-refractivity contribution in [2.45, 2.75) is 12.5 Å². The van der Waals surface area contributed by atoms with E-state index in [-0.39, 0.29) is 0 Å². The summed E-state index contributed by atoms with van der Waals surface area (Å²) in [6.07, 6.45) is 0. The van der Waals surface area contributed by atoms with Gasteiger partial charge in [0.05, 0.1) is 0 Å². The van der Waals surface area contributed by atoms with Gasteiger partial charge in [-0.15, -0.1) is 0 Å². The SMILES string of the molecule is COC(C)(C(=O)O)c1ccc2ccccc2c1. The van der Waals surface area contributed by atoms with Crippen molar-refractivity contribution in [1.29, 1.82) is 0 Å². The van der Waals surface area contributed by atoms with Crippen LogP contribution in [-0.4, -0.2) is 18.2 Å². The molecule has 1 unspecified atom stereocenters. The molecule has 0 saturated carbocycles. The van der Waals surface area contributed by atoms with E-state index >= 15 is 0 Å². The Morgan fingerprint density at radius 3 is 2.41 bits per heavy atom. The molecule has 0 aliphatic rings. The standard InChI is InChI=1S/C14H14O3/c1-14(17-2,13(15)16)12-8-7-10-5-3-4-6-11(10)9-12/h3-9H,1-2H3,(H,15,16). The number of aliphatic carboxylic acids is 1. The van der Waals surface area contributed by atoms with Crippen molar-refractivity contribution in [2.24, 2.45) is 0 Å². The summed E-state index contributed by atoms with van der Waals surface area (Å²) in [5.74, 6) is -0.990. The molecule has 0 spiro atoms. The van der Waals surface area contributed by atoms with Gasteiger partial charge in [-0.25, -0.2) is 4.79 Å². The molecule has 0 bridgehead atoms. The fraction of sp³-hybridized carbons (Fsp3) is 0.214. The second kappa shape index (κ2) is 4.18. The van der Waals surface area contributed by atoms with E-state index in [0.717, 1.165) is 10.8 Å². The highest BCUT2D eigenvalue weighted by atomic mass is 16.5. The second-order valence-electron chi connectivity index (χ2n) is 4.10. The molecule has 0 amide bonds. The van der Waals surface area contributed by atoms with Gasteiger partial charge in [-0.1, -0.05) is 36.4 Å². The van der Waals surface area contributed by atoms with E-state index in [1.54, 1.807) is 13.0 Å². The maximum Gasteiger partial charge on any atom is 0.340 e. The lowest BCUT2D eigenvalue weighted by Crippen LogP contribution is -2.34. The van der Waals surface area contributed by atoms with Crippen LogP contribution < -0.4 is 0 Å². The van der Waals surface area contributed by atoms with Crippen molar-refractivity contribution >= 4 is 16.7 Å². The summed E-state index contributed by atoms with van der Waals surface area (Å²) in [4.78, 5) is 11.3. The third-order valence-electron chi connectivity index (χ3n) is 3.12. The zero-order valence-corrected chi connectivity index (χ0v) is 9.81.